The van der Waals surface area contributed by atoms with Gasteiger partial charge in [-0.3, -0.25) is 9.89 Å². The maximum atomic E-state index is 14.9. The fraction of sp³-hybridized carbons (Fsp3) is 0.167. The molecule has 1 aromatic heterocycles. The van der Waals surface area contributed by atoms with Crippen molar-refractivity contribution in [1.29, 1.82) is 0 Å². The van der Waals surface area contributed by atoms with Gasteiger partial charge < -0.3 is 5.73 Å². The third kappa shape index (κ3) is 3.62. The highest BCUT2D eigenvalue weighted by Crippen LogP contribution is 2.35. The third-order valence-corrected chi connectivity index (χ3v) is 5.59. The summed E-state index contributed by atoms with van der Waals surface area (Å²) in [5, 5.41) is 7.83. The second-order valence-electron chi connectivity index (χ2n) is 7.51. The monoisotopic (exact) mass is 441 g/mol. The van der Waals surface area contributed by atoms with E-state index in [0.29, 0.717) is 45.3 Å². The van der Waals surface area contributed by atoms with E-state index in [1.54, 1.807) is 38.1 Å². The molecule has 32 heavy (non-hydrogen) atoms. The van der Waals surface area contributed by atoms with Gasteiger partial charge in [0.1, 0.15) is 5.82 Å². The smallest absolute Gasteiger partial charge is 0.366 e. The van der Waals surface area contributed by atoms with E-state index in [1.807, 2.05) is 0 Å². The number of aromatic nitrogens is 2. The number of nitrogens with one attached hydrogen (secondary N) is 1. The third-order valence-electron chi connectivity index (χ3n) is 5.59. The average Bonchev–Trinajstić information content (AvgIpc) is 3.18. The summed E-state index contributed by atoms with van der Waals surface area (Å²) < 4.78 is 53.4. The first-order valence-electron chi connectivity index (χ1n) is 9.89. The highest BCUT2D eigenvalue weighted by Gasteiger charge is 2.30. The van der Waals surface area contributed by atoms with E-state index < -0.39 is 23.5 Å². The van der Waals surface area contributed by atoms with Gasteiger partial charge in [-0.1, -0.05) is 25.1 Å². The normalized spacial score (nSPS) is 11.8. The Balaban J connectivity index is 1.80. The Labute approximate surface area is 181 Å². The summed E-state index contributed by atoms with van der Waals surface area (Å²) in [5.41, 5.74) is 8.38. The number of halogens is 4. The highest BCUT2D eigenvalue weighted by atomic mass is 19.4. The van der Waals surface area contributed by atoms with Gasteiger partial charge in [0, 0.05) is 22.1 Å². The van der Waals surface area contributed by atoms with Gasteiger partial charge in [0.05, 0.1) is 16.8 Å². The molecule has 4 rings (SSSR count). The predicted octanol–water partition coefficient (Wildman–Crippen LogP) is 6.02. The summed E-state index contributed by atoms with van der Waals surface area (Å²) in [4.78, 5) is 11.9. The van der Waals surface area contributed by atoms with Gasteiger partial charge >= 0.3 is 6.18 Å². The zero-order valence-corrected chi connectivity index (χ0v) is 17.3. The molecule has 0 spiro atoms. The van der Waals surface area contributed by atoms with E-state index in [-0.39, 0.29) is 11.1 Å². The van der Waals surface area contributed by atoms with Crippen LogP contribution in [-0.4, -0.2) is 16.1 Å². The van der Waals surface area contributed by atoms with Crippen LogP contribution in [0.4, 0.5) is 17.6 Å². The lowest BCUT2D eigenvalue weighted by atomic mass is 9.91. The van der Waals surface area contributed by atoms with E-state index in [0.717, 1.165) is 12.1 Å². The Morgan fingerprint density at radius 1 is 1.06 bits per heavy atom. The molecule has 4 nitrogen and oxygen atoms in total. The Kier molecular flexibility index (Phi) is 5.24. The first kappa shape index (κ1) is 21.5. The largest absolute Gasteiger partial charge is 0.416 e. The fourth-order valence-corrected chi connectivity index (χ4v) is 3.89. The minimum atomic E-state index is -4.41. The summed E-state index contributed by atoms with van der Waals surface area (Å²) >= 11 is 0. The number of carbonyl (C=O) groups is 1. The highest BCUT2D eigenvalue weighted by molar-refractivity contribution is 5.98. The summed E-state index contributed by atoms with van der Waals surface area (Å²) in [5.74, 6) is -1.16. The van der Waals surface area contributed by atoms with Crippen LogP contribution in [0, 0.1) is 12.7 Å². The van der Waals surface area contributed by atoms with Crippen LogP contribution in [0.2, 0.25) is 0 Å². The van der Waals surface area contributed by atoms with Gasteiger partial charge in [-0.25, -0.2) is 4.39 Å². The van der Waals surface area contributed by atoms with E-state index in [2.05, 4.69) is 10.2 Å². The van der Waals surface area contributed by atoms with E-state index in [4.69, 9.17) is 5.73 Å². The zero-order chi connectivity index (χ0) is 23.2. The van der Waals surface area contributed by atoms with Crippen molar-refractivity contribution in [3.05, 3.63) is 76.6 Å². The number of nitrogens with zero attached hydrogens (tertiary/aromatic N) is 1. The minimum Gasteiger partial charge on any atom is -0.366 e. The van der Waals surface area contributed by atoms with Gasteiger partial charge in [0.15, 0.2) is 0 Å². The van der Waals surface area contributed by atoms with E-state index in [1.165, 1.54) is 12.1 Å². The van der Waals surface area contributed by atoms with Gasteiger partial charge in [-0.15, -0.1) is 0 Å². The number of amides is 1. The summed E-state index contributed by atoms with van der Waals surface area (Å²) in [6, 6.07) is 11.6. The molecule has 164 valence electrons. The lowest BCUT2D eigenvalue weighted by Gasteiger charge is -2.14. The molecule has 0 aliphatic carbocycles. The number of hydrogen-bond donors (Lipinski definition) is 2. The van der Waals surface area contributed by atoms with Crippen LogP contribution in [-0.2, 0) is 12.6 Å². The first-order chi connectivity index (χ1) is 15.1. The number of primary amides is 1. The number of nitrogens with two attached hydrogens (primary N) is 1. The number of aromatic amines is 1. The molecule has 0 saturated heterocycles. The molecule has 0 atom stereocenters. The zero-order valence-electron chi connectivity index (χ0n) is 17.3. The van der Waals surface area contributed by atoms with Crippen LogP contribution in [0.15, 0.2) is 48.5 Å². The number of fused-ring (bicyclic) bond motifs is 1. The molecule has 0 aliphatic rings. The van der Waals surface area contributed by atoms with Crippen LogP contribution in [0.25, 0.3) is 33.3 Å². The number of rotatable bonds is 4. The molecule has 0 aliphatic heterocycles. The predicted molar refractivity (Wildman–Crippen MR) is 115 cm³/mol. The maximum Gasteiger partial charge on any atom is 0.416 e. The van der Waals surface area contributed by atoms with Crippen molar-refractivity contribution < 1.29 is 22.4 Å². The molecule has 8 heteroatoms. The molecular weight excluding hydrogens is 422 g/mol. The van der Waals surface area contributed by atoms with E-state index in [9.17, 15) is 22.4 Å². The standard InChI is InChI=1S/C24H19F4N3O/c1-3-16-19(23(29)32)11-18(12(2)21(16)25)14-6-9-17-20(10-14)30-31-22(17)13-4-7-15(8-5-13)24(26,27)28/h4-11H,3H2,1-2H3,(H2,29,32)(H,30,31). The van der Waals surface area contributed by atoms with Crippen LogP contribution in [0.3, 0.4) is 0 Å². The number of benzene rings is 3. The summed E-state index contributed by atoms with van der Waals surface area (Å²) in [6.45, 7) is 3.39. The van der Waals surface area contributed by atoms with Crippen molar-refractivity contribution in [2.75, 3.05) is 0 Å². The second kappa shape index (κ2) is 7.78. The minimum absolute atomic E-state index is 0.140. The molecule has 1 heterocycles. The molecule has 0 fully saturated rings. The van der Waals surface area contributed by atoms with Crippen LogP contribution >= 0.6 is 0 Å². The summed E-state index contributed by atoms with van der Waals surface area (Å²) in [7, 11) is 0. The maximum absolute atomic E-state index is 14.9. The van der Waals surface area contributed by atoms with Gasteiger partial charge in [0.25, 0.3) is 0 Å². The van der Waals surface area contributed by atoms with Crippen LogP contribution in [0.5, 0.6) is 0 Å². The van der Waals surface area contributed by atoms with Crippen LogP contribution in [0.1, 0.15) is 34.0 Å². The molecule has 1 amide bonds. The van der Waals surface area contributed by atoms with Gasteiger partial charge in [-0.05, 0) is 60.4 Å². The number of hydrogen-bond acceptors (Lipinski definition) is 2. The molecule has 4 aromatic rings. The van der Waals surface area contributed by atoms with Gasteiger partial charge in [-0.2, -0.15) is 18.3 Å². The molecule has 0 radical (unpaired) electrons. The number of carbonyl (C=O) groups excluding carboxylic acids is 1. The van der Waals surface area contributed by atoms with E-state index >= 15 is 0 Å². The van der Waals surface area contributed by atoms with Crippen LogP contribution < -0.4 is 5.73 Å². The average molecular weight is 441 g/mol. The number of alkyl halides is 3. The van der Waals surface area contributed by atoms with Crippen molar-refractivity contribution in [3.63, 3.8) is 0 Å². The second-order valence-corrected chi connectivity index (χ2v) is 7.51. The molecule has 0 bridgehead atoms. The molecule has 0 unspecified atom stereocenters. The SMILES string of the molecule is CCc1c(C(N)=O)cc(-c2ccc3c(-c4ccc(C(F)(F)F)cc4)n[nH]c3c2)c(C)c1F. The quantitative estimate of drug-likeness (QED) is 0.380. The van der Waals surface area contributed by atoms with Crippen molar-refractivity contribution in [2.24, 2.45) is 5.73 Å². The summed E-state index contributed by atoms with van der Waals surface area (Å²) in [6.07, 6.45) is -4.08. The van der Waals surface area contributed by atoms with Gasteiger partial charge in [0.2, 0.25) is 5.91 Å². The lowest BCUT2D eigenvalue weighted by Crippen LogP contribution is -2.15. The molecule has 0 saturated carbocycles. The van der Waals surface area contributed by atoms with Crippen molar-refractivity contribution in [1.82, 2.24) is 10.2 Å². The van der Waals surface area contributed by atoms with Crippen molar-refractivity contribution >= 4 is 16.8 Å². The first-order valence-corrected chi connectivity index (χ1v) is 9.89. The van der Waals surface area contributed by atoms with Crippen molar-refractivity contribution in [2.45, 2.75) is 26.4 Å². The Morgan fingerprint density at radius 2 is 1.72 bits per heavy atom. The Morgan fingerprint density at radius 3 is 2.31 bits per heavy atom. The van der Waals surface area contributed by atoms with Crippen molar-refractivity contribution in [3.8, 4) is 22.4 Å². The molecular formula is C24H19F4N3O. The number of H-pyrrole nitrogens is 1. The molecule has 3 N–H and O–H groups in total. The lowest BCUT2D eigenvalue weighted by molar-refractivity contribution is -0.137. The fourth-order valence-electron chi connectivity index (χ4n) is 3.89. The topological polar surface area (TPSA) is 71.8 Å². The Hall–Kier alpha value is -3.68. The Bertz CT molecular complexity index is 1340. The molecule has 3 aromatic carbocycles.